The molecule has 2 aliphatic heterocycles. The van der Waals surface area contributed by atoms with Gasteiger partial charge >= 0.3 is 6.16 Å². The molecule has 0 unspecified atom stereocenters. The second-order valence-corrected chi connectivity index (χ2v) is 10.8. The van der Waals surface area contributed by atoms with E-state index in [1.807, 2.05) is 6.08 Å². The summed E-state index contributed by atoms with van der Waals surface area (Å²) in [6.45, 7) is 5.99. The molecular formula is C26H29ClFN5O3. The first-order valence-corrected chi connectivity index (χ1v) is 12.6. The molecule has 1 saturated carbocycles. The Balaban J connectivity index is 1.44. The van der Waals surface area contributed by atoms with Gasteiger partial charge in [0.05, 0.1) is 35.7 Å². The summed E-state index contributed by atoms with van der Waals surface area (Å²) in [6, 6.07) is 3.25. The third kappa shape index (κ3) is 5.16. The fraction of sp³-hybridized carbons (Fsp3) is 0.462. The van der Waals surface area contributed by atoms with Crippen LogP contribution in [0, 0.1) is 11.7 Å². The van der Waals surface area contributed by atoms with Gasteiger partial charge in [-0.3, -0.25) is 4.98 Å². The first-order valence-electron chi connectivity index (χ1n) is 12.2. The zero-order valence-corrected chi connectivity index (χ0v) is 21.3. The highest BCUT2D eigenvalue weighted by Crippen LogP contribution is 2.39. The van der Waals surface area contributed by atoms with Crippen molar-refractivity contribution in [2.75, 3.05) is 11.6 Å². The molecule has 2 aromatic heterocycles. The molecule has 0 spiro atoms. The maximum atomic E-state index is 13.3. The molecule has 5 rings (SSSR count). The largest absolute Gasteiger partial charge is 0.533 e. The lowest BCUT2D eigenvalue weighted by atomic mass is 9.78. The summed E-state index contributed by atoms with van der Waals surface area (Å²) in [4.78, 5) is 25.8. The van der Waals surface area contributed by atoms with Crippen molar-refractivity contribution in [3.8, 4) is 0 Å². The average molecular weight is 514 g/mol. The summed E-state index contributed by atoms with van der Waals surface area (Å²) in [5, 5.41) is 12.6. The number of halogens is 2. The molecular weight excluding hydrogens is 485 g/mol. The number of aromatic amines is 1. The molecule has 36 heavy (non-hydrogen) atoms. The number of H-pyrrole nitrogens is 1. The van der Waals surface area contributed by atoms with Crippen molar-refractivity contribution < 1.29 is 18.8 Å². The molecule has 3 aliphatic rings. The zero-order chi connectivity index (χ0) is 25.4. The van der Waals surface area contributed by atoms with E-state index in [0.717, 1.165) is 53.3 Å². The summed E-state index contributed by atoms with van der Waals surface area (Å²) in [5.74, 6) is 0.205. The molecule has 0 amide bonds. The standard InChI is InChI=1S/C26H29ClFN5O3/c1-26(2,3)35-25(34)36-33-11-10-17(27)12-21-24(33)19-14-30-32-22(23(19)31-21)16-6-4-15(5-7-16)20-9-8-18(28)13-29-20/h8-10,12-13,15-16,31H,4-7,11,14H2,1-3H3/t15-,16-. The van der Waals surface area contributed by atoms with Crippen LogP contribution in [0.15, 0.2) is 39.7 Å². The van der Waals surface area contributed by atoms with Gasteiger partial charge in [-0.2, -0.15) is 15.3 Å². The van der Waals surface area contributed by atoms with Gasteiger partial charge in [0.1, 0.15) is 17.1 Å². The van der Waals surface area contributed by atoms with E-state index >= 15 is 0 Å². The molecule has 0 radical (unpaired) electrons. The van der Waals surface area contributed by atoms with Crippen LogP contribution in [0.2, 0.25) is 0 Å². The fourth-order valence-electron chi connectivity index (χ4n) is 5.02. The highest BCUT2D eigenvalue weighted by molar-refractivity contribution is 6.34. The molecule has 4 heterocycles. The van der Waals surface area contributed by atoms with Crippen molar-refractivity contribution in [3.05, 3.63) is 57.2 Å². The van der Waals surface area contributed by atoms with Gasteiger partial charge in [0.2, 0.25) is 0 Å². The van der Waals surface area contributed by atoms with Gasteiger partial charge in [0, 0.05) is 28.1 Å². The van der Waals surface area contributed by atoms with E-state index in [1.165, 1.54) is 17.3 Å². The summed E-state index contributed by atoms with van der Waals surface area (Å²) in [6.07, 6.45) is 7.80. The molecule has 0 atom stereocenters. The van der Waals surface area contributed by atoms with Crippen LogP contribution in [0.4, 0.5) is 14.9 Å². The Labute approximate surface area is 213 Å². The number of hydroxylamine groups is 1. The Morgan fingerprint density at radius 2 is 1.94 bits per heavy atom. The maximum Gasteiger partial charge on any atom is 0.533 e. The van der Waals surface area contributed by atoms with Crippen LogP contribution in [-0.4, -0.2) is 28.3 Å². The molecule has 10 heteroatoms. The van der Waals surface area contributed by atoms with Crippen LogP contribution in [0.5, 0.6) is 0 Å². The predicted octanol–water partition coefficient (Wildman–Crippen LogP) is 5.19. The van der Waals surface area contributed by atoms with Crippen LogP contribution in [-0.2, 0) is 16.1 Å². The number of carbonyl (C=O) groups excluding carboxylic acids is 1. The zero-order valence-electron chi connectivity index (χ0n) is 20.6. The van der Waals surface area contributed by atoms with Gasteiger partial charge < -0.3 is 14.6 Å². The number of allylic oxidation sites excluding steroid dienone is 1. The van der Waals surface area contributed by atoms with Gasteiger partial charge in [0.25, 0.3) is 0 Å². The minimum absolute atomic E-state index is 0.220. The lowest BCUT2D eigenvalue weighted by Gasteiger charge is -2.28. The summed E-state index contributed by atoms with van der Waals surface area (Å²) in [5.41, 5.74) is 2.78. The third-order valence-corrected chi connectivity index (χ3v) is 6.87. The second-order valence-electron chi connectivity index (χ2n) is 10.3. The summed E-state index contributed by atoms with van der Waals surface area (Å²) >= 11 is 6.39. The lowest BCUT2D eigenvalue weighted by molar-refractivity contribution is -0.0116. The van der Waals surface area contributed by atoms with Crippen LogP contribution < -0.4 is 15.8 Å². The molecule has 0 aromatic carbocycles. The number of nitrogens with one attached hydrogen (secondary N) is 1. The van der Waals surface area contributed by atoms with Crippen molar-refractivity contribution in [1.82, 2.24) is 9.97 Å². The van der Waals surface area contributed by atoms with Crippen molar-refractivity contribution in [3.63, 3.8) is 0 Å². The molecule has 0 saturated heterocycles. The number of rotatable bonds is 3. The van der Waals surface area contributed by atoms with Gasteiger partial charge in [-0.25, -0.2) is 9.18 Å². The minimum Gasteiger partial charge on any atom is -0.427 e. The van der Waals surface area contributed by atoms with E-state index in [-0.39, 0.29) is 18.3 Å². The Bertz CT molecular complexity index is 1340. The Morgan fingerprint density at radius 1 is 1.19 bits per heavy atom. The third-order valence-electron chi connectivity index (χ3n) is 6.61. The Hall–Kier alpha value is -3.20. The number of fused-ring (bicyclic) bond motifs is 3. The number of hydrogen-bond acceptors (Lipinski definition) is 7. The normalized spacial score (nSPS) is 21.6. The van der Waals surface area contributed by atoms with Gasteiger partial charge in [-0.1, -0.05) is 11.6 Å². The first-order chi connectivity index (χ1) is 17.2. The monoisotopic (exact) mass is 513 g/mol. The van der Waals surface area contributed by atoms with E-state index in [1.54, 1.807) is 32.9 Å². The Kier molecular flexibility index (Phi) is 6.59. The van der Waals surface area contributed by atoms with Crippen LogP contribution in [0.3, 0.4) is 0 Å². The molecule has 8 nitrogen and oxygen atoms in total. The highest BCUT2D eigenvalue weighted by Gasteiger charge is 2.31. The molecule has 1 N–H and O–H groups in total. The van der Waals surface area contributed by atoms with Gasteiger partial charge in [0.15, 0.2) is 0 Å². The Morgan fingerprint density at radius 3 is 2.64 bits per heavy atom. The van der Waals surface area contributed by atoms with Crippen LogP contribution in [0.25, 0.3) is 11.8 Å². The summed E-state index contributed by atoms with van der Waals surface area (Å²) in [7, 11) is 0. The van der Waals surface area contributed by atoms with Crippen molar-refractivity contribution in [2.45, 2.75) is 64.5 Å². The van der Waals surface area contributed by atoms with Gasteiger partial charge in [-0.15, -0.1) is 0 Å². The number of nitrogens with zero attached hydrogens (tertiary/aromatic N) is 4. The number of ether oxygens (including phenoxy) is 1. The number of pyridine rings is 1. The van der Waals surface area contributed by atoms with Crippen LogP contribution in [0.1, 0.15) is 63.6 Å². The van der Waals surface area contributed by atoms with Gasteiger partial charge in [-0.05, 0) is 70.7 Å². The van der Waals surface area contributed by atoms with E-state index in [2.05, 4.69) is 20.2 Å². The molecule has 1 fully saturated rings. The average Bonchev–Trinajstić information content (AvgIpc) is 3.11. The topological polar surface area (TPSA) is 92.2 Å². The SMILES string of the molecule is CC(C)(C)OC(=O)ON1CC=C(Cl)C=c2[nH]c3c(c21)CN=NC=3[C@H]1CC[C@H](c2ccc(F)cn2)CC1. The predicted molar refractivity (Wildman–Crippen MR) is 134 cm³/mol. The molecule has 0 bridgehead atoms. The van der Waals surface area contributed by atoms with Crippen molar-refractivity contribution in [1.29, 1.82) is 0 Å². The van der Waals surface area contributed by atoms with E-state index in [4.69, 9.17) is 21.2 Å². The van der Waals surface area contributed by atoms with Crippen LogP contribution >= 0.6 is 11.6 Å². The molecule has 1 aliphatic carbocycles. The van der Waals surface area contributed by atoms with E-state index in [9.17, 15) is 9.18 Å². The number of azo groups is 1. The lowest BCUT2D eigenvalue weighted by Crippen LogP contribution is -2.34. The summed E-state index contributed by atoms with van der Waals surface area (Å²) < 4.78 is 18.6. The van der Waals surface area contributed by atoms with Crippen molar-refractivity contribution >= 4 is 35.2 Å². The maximum absolute atomic E-state index is 13.3. The van der Waals surface area contributed by atoms with Crippen molar-refractivity contribution in [2.24, 2.45) is 16.1 Å². The quantitative estimate of drug-likeness (QED) is 0.570. The fourth-order valence-corrected chi connectivity index (χ4v) is 5.20. The number of carbonyl (C=O) groups is 1. The number of anilines is 1. The number of hydrogen-bond donors (Lipinski definition) is 1. The second kappa shape index (κ2) is 9.69. The molecule has 190 valence electrons. The highest BCUT2D eigenvalue weighted by atomic mass is 35.5. The molecule has 2 aromatic rings. The van der Waals surface area contributed by atoms with E-state index in [0.29, 0.717) is 23.2 Å². The smallest absolute Gasteiger partial charge is 0.427 e. The number of aromatic nitrogens is 2. The van der Waals surface area contributed by atoms with E-state index < -0.39 is 11.8 Å². The first kappa shape index (κ1) is 24.5. The minimum atomic E-state index is -0.788.